The summed E-state index contributed by atoms with van der Waals surface area (Å²) in [5, 5.41) is 2.64. The molecule has 0 fully saturated rings. The first-order chi connectivity index (χ1) is 11.3. The van der Waals surface area contributed by atoms with Crippen molar-refractivity contribution in [3.8, 4) is 0 Å². The van der Waals surface area contributed by atoms with Crippen LogP contribution < -0.4 is 10.3 Å². The Bertz CT molecular complexity index is 798. The summed E-state index contributed by atoms with van der Waals surface area (Å²) in [6.07, 6.45) is 1.01. The fourth-order valence-electron chi connectivity index (χ4n) is 2.09. The summed E-state index contributed by atoms with van der Waals surface area (Å²) in [6.45, 7) is 6.01. The van der Waals surface area contributed by atoms with E-state index in [1.165, 1.54) is 11.3 Å². The fraction of sp³-hybridized carbons (Fsp3) is 0.375. The van der Waals surface area contributed by atoms with Crippen molar-refractivity contribution >= 4 is 27.3 Å². The SMILES string of the molecule is CC[C@@H](C)c1ccc(S(=O)(=O)NNC(=O)Cc2csc(C)n2)cc1. The average Bonchev–Trinajstić information content (AvgIpc) is 2.97. The Morgan fingerprint density at radius 3 is 2.50 bits per heavy atom. The second-order valence-corrected chi connectivity index (χ2v) is 8.31. The number of hydrogen-bond donors (Lipinski definition) is 2. The first-order valence-electron chi connectivity index (χ1n) is 7.63. The van der Waals surface area contributed by atoms with Gasteiger partial charge in [0.1, 0.15) is 0 Å². The van der Waals surface area contributed by atoms with Gasteiger partial charge in [0.25, 0.3) is 10.0 Å². The predicted octanol–water partition coefficient (Wildman–Crippen LogP) is 2.52. The van der Waals surface area contributed by atoms with Gasteiger partial charge in [-0.05, 0) is 37.0 Å². The van der Waals surface area contributed by atoms with E-state index >= 15 is 0 Å². The number of carbonyl (C=O) groups is 1. The first-order valence-corrected chi connectivity index (χ1v) is 9.99. The van der Waals surface area contributed by atoms with Crippen LogP contribution in [-0.4, -0.2) is 19.3 Å². The Morgan fingerprint density at radius 1 is 1.29 bits per heavy atom. The molecule has 0 aliphatic heterocycles. The van der Waals surface area contributed by atoms with E-state index in [-0.39, 0.29) is 11.3 Å². The van der Waals surface area contributed by atoms with Crippen molar-refractivity contribution in [2.45, 2.75) is 44.4 Å². The molecule has 0 aliphatic rings. The number of thiazole rings is 1. The summed E-state index contributed by atoms with van der Waals surface area (Å²) in [4.78, 5) is 18.2. The zero-order valence-electron chi connectivity index (χ0n) is 13.9. The van der Waals surface area contributed by atoms with Crippen LogP contribution in [0.2, 0.25) is 0 Å². The van der Waals surface area contributed by atoms with E-state index in [9.17, 15) is 13.2 Å². The zero-order valence-corrected chi connectivity index (χ0v) is 15.5. The molecular weight excluding hydrogens is 346 g/mol. The van der Waals surface area contributed by atoms with E-state index in [0.29, 0.717) is 11.6 Å². The summed E-state index contributed by atoms with van der Waals surface area (Å²) in [5.74, 6) is -0.0870. The van der Waals surface area contributed by atoms with Gasteiger partial charge >= 0.3 is 0 Å². The van der Waals surface area contributed by atoms with Crippen molar-refractivity contribution in [1.82, 2.24) is 15.2 Å². The van der Waals surface area contributed by atoms with Crippen LogP contribution in [0.15, 0.2) is 34.5 Å². The van der Waals surface area contributed by atoms with Crippen molar-refractivity contribution in [3.63, 3.8) is 0 Å². The molecule has 0 saturated heterocycles. The molecule has 2 N–H and O–H groups in total. The lowest BCUT2D eigenvalue weighted by molar-refractivity contribution is -0.120. The summed E-state index contributed by atoms with van der Waals surface area (Å²) in [7, 11) is -3.79. The van der Waals surface area contributed by atoms with Crippen LogP contribution in [0.5, 0.6) is 0 Å². The molecule has 1 aromatic carbocycles. The Kier molecular flexibility index (Phi) is 6.09. The lowest BCUT2D eigenvalue weighted by Crippen LogP contribution is -2.42. The molecule has 24 heavy (non-hydrogen) atoms. The van der Waals surface area contributed by atoms with Gasteiger partial charge in [0, 0.05) is 5.38 Å². The highest BCUT2D eigenvalue weighted by atomic mass is 32.2. The van der Waals surface area contributed by atoms with Gasteiger partial charge in [-0.15, -0.1) is 16.2 Å². The number of nitrogens with zero attached hydrogens (tertiary/aromatic N) is 1. The van der Waals surface area contributed by atoms with Crippen molar-refractivity contribution in [3.05, 3.63) is 45.9 Å². The van der Waals surface area contributed by atoms with E-state index in [1.807, 2.05) is 6.92 Å². The van der Waals surface area contributed by atoms with Gasteiger partial charge in [-0.3, -0.25) is 10.2 Å². The van der Waals surface area contributed by atoms with Crippen LogP contribution in [0.25, 0.3) is 0 Å². The Labute approximate surface area is 146 Å². The maximum Gasteiger partial charge on any atom is 0.257 e. The van der Waals surface area contributed by atoms with Crippen LogP contribution >= 0.6 is 11.3 Å². The van der Waals surface area contributed by atoms with Crippen molar-refractivity contribution in [2.75, 3.05) is 0 Å². The zero-order chi connectivity index (χ0) is 17.7. The number of amides is 1. The number of carbonyl (C=O) groups excluding carboxylic acids is 1. The molecule has 6 nitrogen and oxygen atoms in total. The predicted molar refractivity (Wildman–Crippen MR) is 94.2 cm³/mol. The topological polar surface area (TPSA) is 88.2 Å². The number of sulfonamides is 1. The standard InChI is InChI=1S/C16H21N3O3S2/c1-4-11(2)13-5-7-15(8-6-13)24(21,22)19-18-16(20)9-14-10-23-12(3)17-14/h5-8,10-11,19H,4,9H2,1-3H3,(H,18,20)/t11-/m1/s1. The van der Waals surface area contributed by atoms with Crippen molar-refractivity contribution in [2.24, 2.45) is 0 Å². The van der Waals surface area contributed by atoms with E-state index in [1.54, 1.807) is 29.6 Å². The Morgan fingerprint density at radius 2 is 1.96 bits per heavy atom. The molecule has 1 aromatic heterocycles. The molecule has 0 radical (unpaired) electrons. The normalized spacial score (nSPS) is 12.8. The fourth-order valence-corrected chi connectivity index (χ4v) is 3.57. The van der Waals surface area contributed by atoms with Gasteiger partial charge in [-0.1, -0.05) is 26.0 Å². The third-order valence-electron chi connectivity index (χ3n) is 3.70. The number of hydrazine groups is 1. The van der Waals surface area contributed by atoms with Crippen LogP contribution in [0.3, 0.4) is 0 Å². The van der Waals surface area contributed by atoms with Gasteiger partial charge in [0.15, 0.2) is 0 Å². The van der Waals surface area contributed by atoms with Gasteiger partial charge in [-0.25, -0.2) is 13.4 Å². The van der Waals surface area contributed by atoms with Crippen molar-refractivity contribution < 1.29 is 13.2 Å². The van der Waals surface area contributed by atoms with Crippen LogP contribution in [0.1, 0.15) is 42.5 Å². The number of hydrogen-bond acceptors (Lipinski definition) is 5. The monoisotopic (exact) mass is 367 g/mol. The first kappa shape index (κ1) is 18.6. The van der Waals surface area contributed by atoms with Gasteiger partial charge in [-0.2, -0.15) is 0 Å². The molecule has 0 unspecified atom stereocenters. The highest BCUT2D eigenvalue weighted by molar-refractivity contribution is 7.89. The summed E-state index contributed by atoms with van der Waals surface area (Å²) < 4.78 is 24.4. The van der Waals surface area contributed by atoms with Gasteiger partial charge < -0.3 is 0 Å². The summed E-state index contributed by atoms with van der Waals surface area (Å²) in [5.41, 5.74) is 3.92. The Hall–Kier alpha value is -1.77. The molecule has 1 heterocycles. The quantitative estimate of drug-likeness (QED) is 0.736. The minimum atomic E-state index is -3.79. The molecule has 1 atom stereocenters. The second kappa shape index (κ2) is 7.87. The maximum absolute atomic E-state index is 12.2. The number of aromatic nitrogens is 1. The number of rotatable bonds is 7. The minimum absolute atomic E-state index is 0.0276. The van der Waals surface area contributed by atoms with Crippen molar-refractivity contribution in [1.29, 1.82) is 0 Å². The van der Waals surface area contributed by atoms with E-state index in [2.05, 4.69) is 29.1 Å². The molecular formula is C16H21N3O3S2. The third kappa shape index (κ3) is 4.86. The highest BCUT2D eigenvalue weighted by Gasteiger charge is 2.16. The van der Waals surface area contributed by atoms with Crippen LogP contribution in [0.4, 0.5) is 0 Å². The van der Waals surface area contributed by atoms with Crippen LogP contribution in [0, 0.1) is 6.92 Å². The molecule has 130 valence electrons. The maximum atomic E-state index is 12.2. The molecule has 2 rings (SSSR count). The lowest BCUT2D eigenvalue weighted by atomic mass is 9.99. The van der Waals surface area contributed by atoms with E-state index < -0.39 is 15.9 Å². The number of aryl methyl sites for hydroxylation is 1. The molecule has 0 aliphatic carbocycles. The third-order valence-corrected chi connectivity index (χ3v) is 5.79. The van der Waals surface area contributed by atoms with E-state index in [0.717, 1.165) is 17.0 Å². The molecule has 0 bridgehead atoms. The Balaban J connectivity index is 1.96. The highest BCUT2D eigenvalue weighted by Crippen LogP contribution is 2.20. The molecule has 0 saturated carbocycles. The average molecular weight is 367 g/mol. The van der Waals surface area contributed by atoms with Crippen LogP contribution in [-0.2, 0) is 21.2 Å². The molecule has 8 heteroatoms. The molecule has 2 aromatic rings. The number of benzene rings is 1. The second-order valence-electron chi connectivity index (χ2n) is 5.57. The van der Waals surface area contributed by atoms with Gasteiger partial charge in [0.05, 0.1) is 22.0 Å². The largest absolute Gasteiger partial charge is 0.277 e. The minimum Gasteiger partial charge on any atom is -0.277 e. The summed E-state index contributed by atoms with van der Waals surface area (Å²) >= 11 is 1.44. The van der Waals surface area contributed by atoms with E-state index in [4.69, 9.17) is 0 Å². The van der Waals surface area contributed by atoms with Gasteiger partial charge in [0.2, 0.25) is 5.91 Å². The smallest absolute Gasteiger partial charge is 0.257 e. The summed E-state index contributed by atoms with van der Waals surface area (Å²) in [6, 6.07) is 6.67. The number of nitrogens with one attached hydrogen (secondary N) is 2. The molecule has 0 spiro atoms. The lowest BCUT2D eigenvalue weighted by Gasteiger charge is -2.11. The molecule has 1 amide bonds.